The van der Waals surface area contributed by atoms with Gasteiger partial charge in [0.25, 0.3) is 0 Å². The van der Waals surface area contributed by atoms with Crippen molar-refractivity contribution in [2.24, 2.45) is 4.99 Å². The molecule has 1 N–H and O–H groups in total. The minimum atomic E-state index is 0. The average molecular weight is 418 g/mol. The maximum atomic E-state index is 4.35. The van der Waals surface area contributed by atoms with Gasteiger partial charge in [0.05, 0.1) is 0 Å². The van der Waals surface area contributed by atoms with Crippen LogP contribution in [0.5, 0.6) is 0 Å². The second-order valence-corrected chi connectivity index (χ2v) is 5.73. The number of guanidine groups is 1. The van der Waals surface area contributed by atoms with Crippen molar-refractivity contribution in [3.05, 3.63) is 35.4 Å². The quantitative estimate of drug-likeness (QED) is 0.419. The third-order valence-electron chi connectivity index (χ3n) is 3.36. The van der Waals surface area contributed by atoms with Crippen molar-refractivity contribution in [3.8, 4) is 0 Å². The van der Waals surface area contributed by atoms with Crippen molar-refractivity contribution >= 4 is 29.9 Å². The van der Waals surface area contributed by atoms with Gasteiger partial charge < -0.3 is 15.1 Å². The molecule has 4 nitrogen and oxygen atoms in total. The predicted octanol–water partition coefficient (Wildman–Crippen LogP) is 3.17. The Balaban J connectivity index is 0.00000441. The Hall–Kier alpha value is -0.820. The van der Waals surface area contributed by atoms with Gasteiger partial charge in [-0.15, -0.1) is 24.0 Å². The molecule has 0 aliphatic heterocycles. The molecule has 0 radical (unpaired) electrons. The highest BCUT2D eigenvalue weighted by molar-refractivity contribution is 14.0. The van der Waals surface area contributed by atoms with Crippen LogP contribution in [0.4, 0.5) is 0 Å². The van der Waals surface area contributed by atoms with Crippen molar-refractivity contribution in [1.29, 1.82) is 0 Å². The molecule has 5 heteroatoms. The summed E-state index contributed by atoms with van der Waals surface area (Å²) in [6.45, 7) is 5.03. The van der Waals surface area contributed by atoms with E-state index in [0.29, 0.717) is 0 Å². The van der Waals surface area contributed by atoms with Crippen molar-refractivity contribution < 1.29 is 0 Å². The van der Waals surface area contributed by atoms with Crippen molar-refractivity contribution in [1.82, 2.24) is 15.1 Å². The fourth-order valence-corrected chi connectivity index (χ4v) is 2.27. The highest BCUT2D eigenvalue weighted by atomic mass is 127. The van der Waals surface area contributed by atoms with E-state index in [1.54, 1.807) is 0 Å². The lowest BCUT2D eigenvalue weighted by Crippen LogP contribution is -2.38. The lowest BCUT2D eigenvalue weighted by Gasteiger charge is -2.22. The molecule has 126 valence electrons. The average Bonchev–Trinajstić information content (AvgIpc) is 2.45. The summed E-state index contributed by atoms with van der Waals surface area (Å²) in [5, 5.41) is 3.44. The molecule has 1 aromatic carbocycles. The molecule has 0 fully saturated rings. The number of hydrogen-bond donors (Lipinski definition) is 1. The minimum Gasteiger partial charge on any atom is -0.352 e. The summed E-state index contributed by atoms with van der Waals surface area (Å²) in [7, 11) is 8.12. The summed E-state index contributed by atoms with van der Waals surface area (Å²) in [4.78, 5) is 8.72. The van der Waals surface area contributed by atoms with Gasteiger partial charge in [-0.2, -0.15) is 0 Å². The molecule has 0 spiro atoms. The molecule has 0 aliphatic rings. The van der Waals surface area contributed by atoms with Gasteiger partial charge in [0.2, 0.25) is 0 Å². The van der Waals surface area contributed by atoms with Crippen molar-refractivity contribution in [2.75, 3.05) is 34.7 Å². The second-order valence-electron chi connectivity index (χ2n) is 5.73. The van der Waals surface area contributed by atoms with Crippen LogP contribution >= 0.6 is 24.0 Å². The fraction of sp³-hybridized carbons (Fsp3) is 0.588. The number of unbranched alkanes of at least 4 members (excludes halogenated alkanes) is 1. The van der Waals surface area contributed by atoms with Crippen molar-refractivity contribution in [2.45, 2.75) is 32.9 Å². The summed E-state index contributed by atoms with van der Waals surface area (Å²) in [5.74, 6) is 0.960. The number of halogens is 1. The van der Waals surface area contributed by atoms with Crippen LogP contribution in [0, 0.1) is 0 Å². The lowest BCUT2D eigenvalue weighted by molar-refractivity contribution is 0.402. The SMILES string of the molecule is CCCCN(C)C(=NC)NCc1cccc(CN(C)C)c1.I. The smallest absolute Gasteiger partial charge is 0.193 e. The first-order chi connectivity index (χ1) is 10.1. The zero-order valence-corrected chi connectivity index (χ0v) is 16.9. The third-order valence-corrected chi connectivity index (χ3v) is 3.36. The van der Waals surface area contributed by atoms with E-state index in [2.05, 4.69) is 72.4 Å². The van der Waals surface area contributed by atoms with E-state index in [9.17, 15) is 0 Å². The number of nitrogens with one attached hydrogen (secondary N) is 1. The minimum absolute atomic E-state index is 0. The molecule has 0 aliphatic carbocycles. The molecule has 0 amide bonds. The van der Waals surface area contributed by atoms with Gasteiger partial charge in [0.1, 0.15) is 0 Å². The fourth-order valence-electron chi connectivity index (χ4n) is 2.27. The topological polar surface area (TPSA) is 30.9 Å². The number of benzene rings is 1. The number of aliphatic imine (C=N–C) groups is 1. The second kappa shape index (κ2) is 11.7. The molecule has 0 unspecified atom stereocenters. The van der Waals surface area contributed by atoms with E-state index in [1.165, 1.54) is 24.0 Å². The number of rotatable bonds is 7. The van der Waals surface area contributed by atoms with Crippen LogP contribution in [-0.4, -0.2) is 50.5 Å². The van der Waals surface area contributed by atoms with E-state index < -0.39 is 0 Å². The first-order valence-corrected chi connectivity index (χ1v) is 7.71. The van der Waals surface area contributed by atoms with Gasteiger partial charge in [-0.25, -0.2) is 0 Å². The van der Waals surface area contributed by atoms with Gasteiger partial charge in [0.15, 0.2) is 5.96 Å². The standard InChI is InChI=1S/C17H30N4.HI/c1-6-7-11-21(5)17(18-2)19-13-15-9-8-10-16(12-15)14-20(3)4;/h8-10,12H,6-7,11,13-14H2,1-5H3,(H,18,19);1H. The van der Waals surface area contributed by atoms with Crippen LogP contribution in [0.1, 0.15) is 30.9 Å². The summed E-state index contributed by atoms with van der Waals surface area (Å²) >= 11 is 0. The molecular formula is C17H31IN4. The maximum Gasteiger partial charge on any atom is 0.193 e. The van der Waals surface area contributed by atoms with E-state index >= 15 is 0 Å². The largest absolute Gasteiger partial charge is 0.352 e. The van der Waals surface area contributed by atoms with Crippen LogP contribution in [-0.2, 0) is 13.1 Å². The molecule has 22 heavy (non-hydrogen) atoms. The normalized spacial score (nSPS) is 11.3. The van der Waals surface area contributed by atoms with Gasteiger partial charge in [-0.3, -0.25) is 4.99 Å². The molecule has 0 saturated carbocycles. The Morgan fingerprint density at radius 3 is 2.45 bits per heavy atom. The molecule has 1 aromatic rings. The third kappa shape index (κ3) is 7.98. The number of hydrogen-bond acceptors (Lipinski definition) is 2. The van der Waals surface area contributed by atoms with Crippen LogP contribution < -0.4 is 5.32 Å². The summed E-state index contributed by atoms with van der Waals surface area (Å²) in [6.07, 6.45) is 2.39. The summed E-state index contributed by atoms with van der Waals surface area (Å²) < 4.78 is 0. The van der Waals surface area contributed by atoms with E-state index in [1.807, 2.05) is 7.05 Å². The Labute approximate surface area is 153 Å². The van der Waals surface area contributed by atoms with Crippen molar-refractivity contribution in [3.63, 3.8) is 0 Å². The Morgan fingerprint density at radius 1 is 1.18 bits per heavy atom. The molecule has 0 heterocycles. The van der Waals surface area contributed by atoms with Crippen LogP contribution in [0.3, 0.4) is 0 Å². The monoisotopic (exact) mass is 418 g/mol. The first-order valence-electron chi connectivity index (χ1n) is 7.71. The molecule has 1 rings (SSSR count). The van der Waals surface area contributed by atoms with Crippen LogP contribution in [0.25, 0.3) is 0 Å². The van der Waals surface area contributed by atoms with E-state index in [-0.39, 0.29) is 24.0 Å². The Morgan fingerprint density at radius 2 is 1.86 bits per heavy atom. The Kier molecular flexibility index (Phi) is 11.3. The highest BCUT2D eigenvalue weighted by Crippen LogP contribution is 2.07. The molecular weight excluding hydrogens is 387 g/mol. The maximum absolute atomic E-state index is 4.35. The van der Waals surface area contributed by atoms with Crippen LogP contribution in [0.15, 0.2) is 29.3 Å². The molecule has 0 saturated heterocycles. The lowest BCUT2D eigenvalue weighted by atomic mass is 10.1. The Bertz CT molecular complexity index is 446. The zero-order chi connectivity index (χ0) is 15.7. The summed E-state index contributed by atoms with van der Waals surface area (Å²) in [6, 6.07) is 8.71. The van der Waals surface area contributed by atoms with Gasteiger partial charge >= 0.3 is 0 Å². The van der Waals surface area contributed by atoms with Crippen LogP contribution in [0.2, 0.25) is 0 Å². The zero-order valence-electron chi connectivity index (χ0n) is 14.6. The van der Waals surface area contributed by atoms with E-state index in [4.69, 9.17) is 0 Å². The van der Waals surface area contributed by atoms with Gasteiger partial charge in [-0.1, -0.05) is 37.6 Å². The first kappa shape index (κ1) is 21.2. The van der Waals surface area contributed by atoms with Gasteiger partial charge in [-0.05, 0) is 31.6 Å². The molecule has 0 atom stereocenters. The highest BCUT2D eigenvalue weighted by Gasteiger charge is 2.05. The summed E-state index contributed by atoms with van der Waals surface area (Å²) in [5.41, 5.74) is 2.63. The van der Waals surface area contributed by atoms with Gasteiger partial charge in [0, 0.05) is 33.7 Å². The van der Waals surface area contributed by atoms with E-state index in [0.717, 1.165) is 25.6 Å². The molecule has 0 bridgehead atoms. The predicted molar refractivity (Wildman–Crippen MR) is 107 cm³/mol. The number of nitrogens with zero attached hydrogens (tertiary/aromatic N) is 3. The molecule has 0 aromatic heterocycles.